The molecule has 0 unspecified atom stereocenters. The van der Waals surface area contributed by atoms with Gasteiger partial charge in [0, 0.05) is 17.6 Å². The van der Waals surface area contributed by atoms with Crippen LogP contribution in [0.3, 0.4) is 0 Å². The molecular weight excluding hydrogens is 392 g/mol. The van der Waals surface area contributed by atoms with Gasteiger partial charge < -0.3 is 9.47 Å². The Bertz CT molecular complexity index is 1210. The molecule has 4 aromatic rings. The van der Waals surface area contributed by atoms with Crippen molar-refractivity contribution in [2.24, 2.45) is 0 Å². The van der Waals surface area contributed by atoms with Gasteiger partial charge in [0.05, 0.1) is 15.7 Å². The third-order valence-corrected chi connectivity index (χ3v) is 6.44. The summed E-state index contributed by atoms with van der Waals surface area (Å²) in [6.45, 7) is 4.12. The van der Waals surface area contributed by atoms with E-state index in [0.29, 0.717) is 10.6 Å². The summed E-state index contributed by atoms with van der Waals surface area (Å²) >= 11 is 0. The zero-order valence-corrected chi connectivity index (χ0v) is 18.2. The van der Waals surface area contributed by atoms with Crippen LogP contribution >= 0.6 is 0 Å². The van der Waals surface area contributed by atoms with Crippen LogP contribution in [0.5, 0.6) is 5.75 Å². The highest BCUT2D eigenvalue weighted by atomic mass is 32.2. The first-order valence-electron chi connectivity index (χ1n) is 9.81. The molecule has 0 saturated carbocycles. The van der Waals surface area contributed by atoms with Crippen LogP contribution in [0.2, 0.25) is 0 Å². The van der Waals surface area contributed by atoms with Crippen LogP contribution in [0.15, 0.2) is 88.7 Å². The van der Waals surface area contributed by atoms with E-state index in [0.717, 1.165) is 37.9 Å². The van der Waals surface area contributed by atoms with Gasteiger partial charge in [0.2, 0.25) is 0 Å². The van der Waals surface area contributed by atoms with E-state index in [9.17, 15) is 4.21 Å². The standard InChI is InChI=1S/C26H24O3S/c1-18-11-13-21(14-12-18)30(27)25-16-19(2)15-24(26(25)29-17-28-3)23-10-6-8-20-7-4-5-9-22(20)23/h4-16H,17H2,1-3H3/t30-/m0/s1. The van der Waals surface area contributed by atoms with Crippen molar-refractivity contribution in [3.05, 3.63) is 90.0 Å². The summed E-state index contributed by atoms with van der Waals surface area (Å²) in [5.74, 6) is 0.595. The minimum atomic E-state index is -1.38. The van der Waals surface area contributed by atoms with Crippen LogP contribution < -0.4 is 4.74 Å². The van der Waals surface area contributed by atoms with Crippen LogP contribution in [0.4, 0.5) is 0 Å². The largest absolute Gasteiger partial charge is 0.466 e. The van der Waals surface area contributed by atoms with Crippen molar-refractivity contribution in [3.63, 3.8) is 0 Å². The van der Waals surface area contributed by atoms with Crippen molar-refractivity contribution >= 4 is 21.6 Å². The second-order valence-corrected chi connectivity index (χ2v) is 8.75. The molecule has 4 rings (SSSR count). The summed E-state index contributed by atoms with van der Waals surface area (Å²) in [4.78, 5) is 1.40. The molecule has 0 heterocycles. The Balaban J connectivity index is 1.95. The molecule has 3 nitrogen and oxygen atoms in total. The predicted molar refractivity (Wildman–Crippen MR) is 122 cm³/mol. The van der Waals surface area contributed by atoms with Crippen molar-refractivity contribution in [1.29, 1.82) is 0 Å². The second-order valence-electron chi connectivity index (χ2n) is 7.30. The van der Waals surface area contributed by atoms with Gasteiger partial charge in [-0.15, -0.1) is 0 Å². The average molecular weight is 417 g/mol. The smallest absolute Gasteiger partial charge is 0.188 e. The molecule has 0 aliphatic rings. The fourth-order valence-corrected chi connectivity index (χ4v) is 4.86. The lowest BCUT2D eigenvalue weighted by Crippen LogP contribution is -2.06. The number of fused-ring (bicyclic) bond motifs is 1. The first-order valence-corrected chi connectivity index (χ1v) is 11.0. The Labute approximate surface area is 179 Å². The molecular formula is C26H24O3S. The zero-order valence-electron chi connectivity index (χ0n) is 17.3. The number of hydrogen-bond donors (Lipinski definition) is 0. The van der Waals surface area contributed by atoms with E-state index in [-0.39, 0.29) is 6.79 Å². The molecule has 0 aromatic heterocycles. The number of aryl methyl sites for hydroxylation is 2. The van der Waals surface area contributed by atoms with Gasteiger partial charge in [0.15, 0.2) is 6.79 Å². The molecule has 152 valence electrons. The molecule has 0 saturated heterocycles. The van der Waals surface area contributed by atoms with Gasteiger partial charge in [0.1, 0.15) is 5.75 Å². The zero-order chi connectivity index (χ0) is 21.1. The molecule has 4 heteroatoms. The molecule has 0 N–H and O–H groups in total. The normalized spacial score (nSPS) is 12.1. The van der Waals surface area contributed by atoms with Gasteiger partial charge in [0.25, 0.3) is 0 Å². The highest BCUT2D eigenvalue weighted by molar-refractivity contribution is 7.85. The van der Waals surface area contributed by atoms with Crippen LogP contribution in [0, 0.1) is 13.8 Å². The Morgan fingerprint density at radius 2 is 1.53 bits per heavy atom. The van der Waals surface area contributed by atoms with Crippen molar-refractivity contribution in [2.45, 2.75) is 23.6 Å². The number of ether oxygens (including phenoxy) is 2. The van der Waals surface area contributed by atoms with Crippen molar-refractivity contribution in [2.75, 3.05) is 13.9 Å². The lowest BCUT2D eigenvalue weighted by atomic mass is 9.96. The maximum absolute atomic E-state index is 13.5. The predicted octanol–water partition coefficient (Wildman–Crippen LogP) is 6.27. The van der Waals surface area contributed by atoms with E-state index in [1.165, 1.54) is 0 Å². The molecule has 0 aliphatic heterocycles. The van der Waals surface area contributed by atoms with E-state index in [1.807, 2.05) is 62.4 Å². The van der Waals surface area contributed by atoms with E-state index >= 15 is 0 Å². The second kappa shape index (κ2) is 8.82. The van der Waals surface area contributed by atoms with Gasteiger partial charge in [-0.25, -0.2) is 4.21 Å². The molecule has 30 heavy (non-hydrogen) atoms. The molecule has 1 atom stereocenters. The maximum atomic E-state index is 13.5. The van der Waals surface area contributed by atoms with E-state index in [2.05, 4.69) is 30.3 Å². The summed E-state index contributed by atoms with van der Waals surface area (Å²) in [5, 5.41) is 2.27. The molecule has 0 amide bonds. The van der Waals surface area contributed by atoms with E-state index in [1.54, 1.807) is 7.11 Å². The Hall–Kier alpha value is -2.95. The highest BCUT2D eigenvalue weighted by Crippen LogP contribution is 2.40. The van der Waals surface area contributed by atoms with Crippen LogP contribution in [-0.4, -0.2) is 18.1 Å². The van der Waals surface area contributed by atoms with Gasteiger partial charge in [-0.2, -0.15) is 0 Å². The highest BCUT2D eigenvalue weighted by Gasteiger charge is 2.20. The van der Waals surface area contributed by atoms with Crippen LogP contribution in [-0.2, 0) is 15.5 Å². The van der Waals surface area contributed by atoms with Gasteiger partial charge in [-0.3, -0.25) is 0 Å². The number of benzene rings is 4. The topological polar surface area (TPSA) is 35.5 Å². The summed E-state index contributed by atoms with van der Waals surface area (Å²) < 4.78 is 24.7. The SMILES string of the molecule is COCOc1c(-c2cccc3ccccc23)cc(C)cc1[S@@](=O)c1ccc(C)cc1. The first-order chi connectivity index (χ1) is 14.6. The fourth-order valence-electron chi connectivity index (χ4n) is 3.59. The third-order valence-electron chi connectivity index (χ3n) is 5.03. The number of methoxy groups -OCH3 is 1. The van der Waals surface area contributed by atoms with Crippen molar-refractivity contribution in [3.8, 4) is 16.9 Å². The molecule has 0 spiro atoms. The van der Waals surface area contributed by atoms with Crippen LogP contribution in [0.25, 0.3) is 21.9 Å². The van der Waals surface area contributed by atoms with Gasteiger partial charge >= 0.3 is 0 Å². The van der Waals surface area contributed by atoms with Gasteiger partial charge in [-0.05, 0) is 60.0 Å². The molecule has 0 radical (unpaired) electrons. The summed E-state index contributed by atoms with van der Waals surface area (Å²) in [5.41, 5.74) is 4.12. The van der Waals surface area contributed by atoms with Crippen molar-refractivity contribution < 1.29 is 13.7 Å². The van der Waals surface area contributed by atoms with Gasteiger partial charge in [-0.1, -0.05) is 60.2 Å². The Morgan fingerprint density at radius 1 is 0.800 bits per heavy atom. The summed E-state index contributed by atoms with van der Waals surface area (Å²) in [7, 11) is 0.207. The molecule has 0 aliphatic carbocycles. The quantitative estimate of drug-likeness (QED) is 0.347. The van der Waals surface area contributed by atoms with E-state index < -0.39 is 10.8 Å². The molecule has 4 aromatic carbocycles. The maximum Gasteiger partial charge on any atom is 0.188 e. The third kappa shape index (κ3) is 4.02. The number of hydrogen-bond acceptors (Lipinski definition) is 3. The van der Waals surface area contributed by atoms with E-state index in [4.69, 9.17) is 9.47 Å². The van der Waals surface area contributed by atoms with Crippen molar-refractivity contribution in [1.82, 2.24) is 0 Å². The Morgan fingerprint density at radius 3 is 2.30 bits per heavy atom. The number of rotatable bonds is 6. The first kappa shape index (κ1) is 20.3. The Kier molecular flexibility index (Phi) is 5.98. The lowest BCUT2D eigenvalue weighted by Gasteiger charge is -2.18. The van der Waals surface area contributed by atoms with Crippen LogP contribution in [0.1, 0.15) is 11.1 Å². The molecule has 0 fully saturated rings. The molecule has 0 bridgehead atoms. The fraction of sp³-hybridized carbons (Fsp3) is 0.154. The summed E-state index contributed by atoms with van der Waals surface area (Å²) in [6.07, 6.45) is 0. The minimum Gasteiger partial charge on any atom is -0.466 e. The minimum absolute atomic E-state index is 0.0823. The average Bonchev–Trinajstić information content (AvgIpc) is 2.77. The monoisotopic (exact) mass is 416 g/mol. The summed E-state index contributed by atoms with van der Waals surface area (Å²) in [6, 6.07) is 26.3. The lowest BCUT2D eigenvalue weighted by molar-refractivity contribution is 0.0495.